The number of nitrogens with one attached hydrogen (secondary N) is 1. The lowest BCUT2D eigenvalue weighted by atomic mass is 10.1. The molecule has 146 valence electrons. The van der Waals surface area contributed by atoms with Gasteiger partial charge in [0.1, 0.15) is 11.6 Å². The summed E-state index contributed by atoms with van der Waals surface area (Å²) in [4.78, 5) is 6.33. The Hall–Kier alpha value is -2.25. The van der Waals surface area contributed by atoms with E-state index in [9.17, 15) is 4.39 Å². The maximum Gasteiger partial charge on any atom is 0.193 e. The average Bonchev–Trinajstić information content (AvgIpc) is 2.95. The van der Waals surface area contributed by atoms with Gasteiger partial charge in [0.2, 0.25) is 0 Å². The Labute approximate surface area is 163 Å². The summed E-state index contributed by atoms with van der Waals surface area (Å²) >= 11 is 6.05. The fourth-order valence-electron chi connectivity index (χ4n) is 3.18. The molecule has 0 saturated carbocycles. The van der Waals surface area contributed by atoms with Gasteiger partial charge in [-0.2, -0.15) is 0 Å². The second-order valence-corrected chi connectivity index (χ2v) is 6.94. The van der Waals surface area contributed by atoms with Crippen molar-refractivity contribution in [2.45, 2.75) is 19.6 Å². The maximum absolute atomic E-state index is 13.8. The molecule has 0 amide bonds. The van der Waals surface area contributed by atoms with Gasteiger partial charge in [-0.15, -0.1) is 0 Å². The van der Waals surface area contributed by atoms with E-state index in [0.717, 1.165) is 28.5 Å². The zero-order chi connectivity index (χ0) is 19.4. The van der Waals surface area contributed by atoms with Crippen molar-refractivity contribution in [3.05, 3.63) is 52.1 Å². The number of nitrogens with zero attached hydrogens (tertiary/aromatic N) is 3. The Bertz CT molecular complexity index is 837. The van der Waals surface area contributed by atoms with Gasteiger partial charge in [-0.25, -0.2) is 4.39 Å². The van der Waals surface area contributed by atoms with Crippen LogP contribution in [0.4, 0.5) is 4.39 Å². The molecule has 0 spiro atoms. The Morgan fingerprint density at radius 1 is 1.41 bits per heavy atom. The van der Waals surface area contributed by atoms with Crippen molar-refractivity contribution in [3.8, 4) is 5.75 Å². The second kappa shape index (κ2) is 8.63. The lowest BCUT2D eigenvalue weighted by molar-refractivity contribution is -0.0172. The van der Waals surface area contributed by atoms with Crippen molar-refractivity contribution in [3.63, 3.8) is 0 Å². The molecule has 1 aliphatic rings. The molecule has 2 heterocycles. The summed E-state index contributed by atoms with van der Waals surface area (Å²) in [5.74, 6) is 1.20. The number of guanidine groups is 1. The molecule has 0 atom stereocenters. The van der Waals surface area contributed by atoms with Gasteiger partial charge in [-0.05, 0) is 30.2 Å². The van der Waals surface area contributed by atoms with Gasteiger partial charge in [-0.1, -0.05) is 11.6 Å². The number of rotatable bonds is 5. The zero-order valence-corrected chi connectivity index (χ0v) is 16.5. The number of aryl methyl sites for hydroxylation is 1. The van der Waals surface area contributed by atoms with Crippen LogP contribution in [0, 0.1) is 5.82 Å². The van der Waals surface area contributed by atoms with Crippen molar-refractivity contribution in [1.29, 1.82) is 0 Å². The Morgan fingerprint density at radius 2 is 2.22 bits per heavy atom. The van der Waals surface area contributed by atoms with E-state index in [0.29, 0.717) is 31.1 Å². The quantitative estimate of drug-likeness (QED) is 0.625. The number of halogens is 2. The molecular formula is C19H24ClFN4O2. The molecule has 27 heavy (non-hydrogen) atoms. The van der Waals surface area contributed by atoms with Gasteiger partial charge in [0, 0.05) is 45.1 Å². The normalized spacial score (nSPS) is 13.9. The largest absolute Gasteiger partial charge is 0.467 e. The fourth-order valence-corrected chi connectivity index (χ4v) is 3.45. The molecule has 0 unspecified atom stereocenters. The molecule has 0 bridgehead atoms. The van der Waals surface area contributed by atoms with Crippen LogP contribution in [0.2, 0.25) is 5.02 Å². The molecule has 6 nitrogen and oxygen atoms in total. The van der Waals surface area contributed by atoms with Crippen LogP contribution in [-0.2, 0) is 31.4 Å². The van der Waals surface area contributed by atoms with Crippen LogP contribution in [0.15, 0.2) is 29.4 Å². The summed E-state index contributed by atoms with van der Waals surface area (Å²) in [5.41, 5.74) is 2.66. The van der Waals surface area contributed by atoms with Crippen LogP contribution >= 0.6 is 11.6 Å². The van der Waals surface area contributed by atoms with Crippen molar-refractivity contribution >= 4 is 17.6 Å². The highest BCUT2D eigenvalue weighted by Crippen LogP contribution is 2.29. The first-order chi connectivity index (χ1) is 13.0. The molecule has 0 aliphatic carbocycles. The first-order valence-electron chi connectivity index (χ1n) is 8.72. The fraction of sp³-hybridized carbons (Fsp3) is 0.421. The smallest absolute Gasteiger partial charge is 0.193 e. The predicted octanol–water partition coefficient (Wildman–Crippen LogP) is 2.93. The third kappa shape index (κ3) is 4.73. The van der Waals surface area contributed by atoms with Gasteiger partial charge < -0.3 is 24.3 Å². The summed E-state index contributed by atoms with van der Waals surface area (Å²) in [6, 6.07) is 4.91. The Balaban J connectivity index is 1.60. The minimum atomic E-state index is -0.278. The van der Waals surface area contributed by atoms with E-state index < -0.39 is 0 Å². The minimum Gasteiger partial charge on any atom is -0.467 e. The van der Waals surface area contributed by atoms with Gasteiger partial charge in [0.15, 0.2) is 12.8 Å². The molecular weight excluding hydrogens is 371 g/mol. The molecule has 0 saturated heterocycles. The van der Waals surface area contributed by atoms with Crippen LogP contribution < -0.4 is 10.1 Å². The van der Waals surface area contributed by atoms with Crippen LogP contribution in [-0.4, -0.2) is 42.9 Å². The SMILES string of the molecule is CN=C(NCCc1cc(F)cc2c1OCOC2)N(C)Cc1cc(Cl)cn1C. The molecule has 0 fully saturated rings. The van der Waals surface area contributed by atoms with E-state index in [-0.39, 0.29) is 12.6 Å². The van der Waals surface area contributed by atoms with Crippen molar-refractivity contribution in [1.82, 2.24) is 14.8 Å². The summed E-state index contributed by atoms with van der Waals surface area (Å²) < 4.78 is 26.6. The van der Waals surface area contributed by atoms with E-state index in [2.05, 4.69) is 10.3 Å². The number of aliphatic imine (C=N–C) groups is 1. The summed E-state index contributed by atoms with van der Waals surface area (Å²) in [7, 11) is 5.66. The molecule has 8 heteroatoms. The maximum atomic E-state index is 13.8. The van der Waals surface area contributed by atoms with Crippen molar-refractivity contribution in [2.24, 2.45) is 12.0 Å². The first-order valence-corrected chi connectivity index (χ1v) is 9.10. The third-order valence-electron chi connectivity index (χ3n) is 4.48. The Morgan fingerprint density at radius 3 is 2.93 bits per heavy atom. The highest BCUT2D eigenvalue weighted by Gasteiger charge is 2.17. The minimum absolute atomic E-state index is 0.197. The van der Waals surface area contributed by atoms with E-state index in [1.165, 1.54) is 12.1 Å². The molecule has 1 N–H and O–H groups in total. The van der Waals surface area contributed by atoms with E-state index in [1.54, 1.807) is 7.05 Å². The molecule has 1 aromatic heterocycles. The molecule has 2 aromatic rings. The number of aromatic nitrogens is 1. The van der Waals surface area contributed by atoms with Gasteiger partial charge >= 0.3 is 0 Å². The zero-order valence-electron chi connectivity index (χ0n) is 15.8. The van der Waals surface area contributed by atoms with Gasteiger partial charge in [0.25, 0.3) is 0 Å². The van der Waals surface area contributed by atoms with E-state index in [1.807, 2.05) is 35.8 Å². The summed E-state index contributed by atoms with van der Waals surface area (Å²) in [6.45, 7) is 1.84. The van der Waals surface area contributed by atoms with Crippen molar-refractivity contribution < 1.29 is 13.9 Å². The number of hydrogen-bond acceptors (Lipinski definition) is 3. The molecule has 1 aromatic carbocycles. The monoisotopic (exact) mass is 394 g/mol. The number of fused-ring (bicyclic) bond motifs is 1. The first kappa shape index (κ1) is 19.5. The highest BCUT2D eigenvalue weighted by molar-refractivity contribution is 6.30. The molecule has 3 rings (SSSR count). The standard InChI is InChI=1S/C19H24ClFN4O2/c1-22-19(25(3)10-17-8-15(20)9-24(17)2)23-5-4-13-6-16(21)7-14-11-26-12-27-18(13)14/h6-9H,4-5,10-12H2,1-3H3,(H,22,23). The summed E-state index contributed by atoms with van der Waals surface area (Å²) in [5, 5.41) is 4.03. The number of benzene rings is 1. The topological polar surface area (TPSA) is 51.0 Å². The van der Waals surface area contributed by atoms with Crippen LogP contribution in [0.1, 0.15) is 16.8 Å². The van der Waals surface area contributed by atoms with Crippen LogP contribution in [0.5, 0.6) is 5.75 Å². The van der Waals surface area contributed by atoms with Crippen LogP contribution in [0.25, 0.3) is 0 Å². The third-order valence-corrected chi connectivity index (χ3v) is 4.68. The van der Waals surface area contributed by atoms with Crippen LogP contribution in [0.3, 0.4) is 0 Å². The lowest BCUT2D eigenvalue weighted by Crippen LogP contribution is -2.39. The van der Waals surface area contributed by atoms with E-state index in [4.69, 9.17) is 21.1 Å². The lowest BCUT2D eigenvalue weighted by Gasteiger charge is -2.23. The highest BCUT2D eigenvalue weighted by atomic mass is 35.5. The van der Waals surface area contributed by atoms with Crippen molar-refractivity contribution in [2.75, 3.05) is 27.4 Å². The summed E-state index contributed by atoms with van der Waals surface area (Å²) in [6.07, 6.45) is 2.49. The number of hydrogen-bond donors (Lipinski definition) is 1. The molecule has 0 radical (unpaired) electrons. The second-order valence-electron chi connectivity index (χ2n) is 6.50. The predicted molar refractivity (Wildman–Crippen MR) is 104 cm³/mol. The van der Waals surface area contributed by atoms with E-state index >= 15 is 0 Å². The molecule has 1 aliphatic heterocycles. The average molecular weight is 395 g/mol. The van der Waals surface area contributed by atoms with Gasteiger partial charge in [0.05, 0.1) is 18.2 Å². The Kier molecular flexibility index (Phi) is 6.23. The van der Waals surface area contributed by atoms with Gasteiger partial charge in [-0.3, -0.25) is 4.99 Å². The number of ether oxygens (including phenoxy) is 2.